The molecule has 2 rings (SSSR count). The highest BCUT2D eigenvalue weighted by Crippen LogP contribution is 2.21. The van der Waals surface area contributed by atoms with Gasteiger partial charge in [-0.25, -0.2) is 8.78 Å². The molecule has 1 nitrogen and oxygen atoms in total. The largest absolute Gasteiger partial charge is 0.316 e. The van der Waals surface area contributed by atoms with E-state index in [0.717, 1.165) is 4.47 Å². The van der Waals surface area contributed by atoms with Gasteiger partial charge in [0.05, 0.1) is 5.02 Å². The van der Waals surface area contributed by atoms with Crippen LogP contribution >= 0.6 is 27.5 Å². The smallest absolute Gasteiger partial charge is 0.145 e. The maximum atomic E-state index is 13.9. The molecule has 0 aromatic heterocycles. The Morgan fingerprint density at radius 3 is 2.57 bits per heavy atom. The lowest BCUT2D eigenvalue weighted by molar-refractivity contribution is 0.517. The molecule has 0 aliphatic heterocycles. The summed E-state index contributed by atoms with van der Waals surface area (Å²) in [6.45, 7) is 0. The van der Waals surface area contributed by atoms with E-state index in [2.05, 4.69) is 21.2 Å². The second-order valence-electron chi connectivity index (χ2n) is 4.84. The summed E-state index contributed by atoms with van der Waals surface area (Å²) in [5, 5.41) is 3.21. The minimum absolute atomic E-state index is 0.0817. The van der Waals surface area contributed by atoms with Crippen molar-refractivity contribution in [1.29, 1.82) is 0 Å². The number of likely N-dealkylation sites (N-methyl/N-ethyl adjacent to an activating group) is 1. The summed E-state index contributed by atoms with van der Waals surface area (Å²) < 4.78 is 28.6. The van der Waals surface area contributed by atoms with E-state index in [0.29, 0.717) is 24.0 Å². The molecule has 0 amide bonds. The average Bonchev–Trinajstić information content (AvgIpc) is 2.46. The van der Waals surface area contributed by atoms with Crippen molar-refractivity contribution in [2.45, 2.75) is 18.9 Å². The summed E-state index contributed by atoms with van der Waals surface area (Å²) >= 11 is 9.12. The highest BCUT2D eigenvalue weighted by atomic mass is 79.9. The number of hydrogen-bond acceptors (Lipinski definition) is 1. The van der Waals surface area contributed by atoms with Crippen molar-refractivity contribution < 1.29 is 8.78 Å². The predicted octanol–water partition coefficient (Wildman–Crippen LogP) is 4.75. The van der Waals surface area contributed by atoms with E-state index in [1.54, 1.807) is 31.3 Å². The molecule has 0 radical (unpaired) electrons. The maximum absolute atomic E-state index is 13.9. The van der Waals surface area contributed by atoms with E-state index in [1.165, 1.54) is 12.1 Å². The molecule has 2 aromatic rings. The second-order valence-corrected chi connectivity index (χ2v) is 6.17. The maximum Gasteiger partial charge on any atom is 0.145 e. The molecule has 0 saturated carbocycles. The normalized spacial score (nSPS) is 12.4. The van der Waals surface area contributed by atoms with Crippen LogP contribution in [0.2, 0.25) is 5.02 Å². The standard InChI is InChI=1S/C16H15BrClF2N/c1-21-13(8-10-3-2-4-14(18)16(10)20)9-11-7-12(17)5-6-15(11)19/h2-7,13,21H,8-9H2,1H3. The molecular formula is C16H15BrClF2N. The molecule has 0 spiro atoms. The Bertz CT molecular complexity index is 630. The third-order valence-corrected chi connectivity index (χ3v) is 4.17. The van der Waals surface area contributed by atoms with E-state index >= 15 is 0 Å². The van der Waals surface area contributed by atoms with Crippen LogP contribution in [0.4, 0.5) is 8.78 Å². The molecule has 0 bridgehead atoms. The second kappa shape index (κ2) is 7.34. The van der Waals surface area contributed by atoms with Gasteiger partial charge in [-0.3, -0.25) is 0 Å². The van der Waals surface area contributed by atoms with Gasteiger partial charge in [-0.05, 0) is 55.3 Å². The van der Waals surface area contributed by atoms with Gasteiger partial charge in [0, 0.05) is 10.5 Å². The molecule has 2 aromatic carbocycles. The molecule has 0 heterocycles. The van der Waals surface area contributed by atoms with Gasteiger partial charge in [0.25, 0.3) is 0 Å². The first-order chi connectivity index (χ1) is 10.0. The van der Waals surface area contributed by atoms with Crippen LogP contribution in [0.1, 0.15) is 11.1 Å². The zero-order valence-corrected chi connectivity index (χ0v) is 13.8. The monoisotopic (exact) mass is 373 g/mol. The van der Waals surface area contributed by atoms with E-state index < -0.39 is 5.82 Å². The van der Waals surface area contributed by atoms with Crippen LogP contribution in [0.25, 0.3) is 0 Å². The van der Waals surface area contributed by atoms with Crippen LogP contribution in [-0.4, -0.2) is 13.1 Å². The van der Waals surface area contributed by atoms with E-state index in [-0.39, 0.29) is 16.9 Å². The molecule has 5 heteroatoms. The summed E-state index contributed by atoms with van der Waals surface area (Å²) in [5.74, 6) is -0.667. The minimum atomic E-state index is -0.408. The topological polar surface area (TPSA) is 12.0 Å². The number of benzene rings is 2. The van der Waals surface area contributed by atoms with Crippen LogP contribution in [0.3, 0.4) is 0 Å². The predicted molar refractivity (Wildman–Crippen MR) is 85.8 cm³/mol. The van der Waals surface area contributed by atoms with Crippen molar-refractivity contribution in [3.8, 4) is 0 Å². The van der Waals surface area contributed by atoms with Gasteiger partial charge >= 0.3 is 0 Å². The lowest BCUT2D eigenvalue weighted by atomic mass is 9.98. The highest BCUT2D eigenvalue weighted by molar-refractivity contribution is 9.10. The van der Waals surface area contributed by atoms with Crippen LogP contribution < -0.4 is 5.32 Å². The van der Waals surface area contributed by atoms with Crippen LogP contribution in [0, 0.1) is 11.6 Å². The fourth-order valence-corrected chi connectivity index (χ4v) is 2.82. The first-order valence-electron chi connectivity index (χ1n) is 6.55. The van der Waals surface area contributed by atoms with Crippen molar-refractivity contribution in [3.05, 3.63) is 68.7 Å². The Morgan fingerprint density at radius 2 is 1.86 bits per heavy atom. The SMILES string of the molecule is CNC(Cc1cc(Br)ccc1F)Cc1cccc(Cl)c1F. The molecule has 0 aliphatic rings. The highest BCUT2D eigenvalue weighted by Gasteiger charge is 2.15. The van der Waals surface area contributed by atoms with Gasteiger partial charge in [-0.1, -0.05) is 39.7 Å². The molecule has 112 valence electrons. The summed E-state index contributed by atoms with van der Waals surface area (Å²) in [4.78, 5) is 0. The molecule has 0 aliphatic carbocycles. The first-order valence-corrected chi connectivity index (χ1v) is 7.72. The summed E-state index contributed by atoms with van der Waals surface area (Å²) in [6.07, 6.45) is 0.905. The van der Waals surface area contributed by atoms with Crippen LogP contribution in [0.15, 0.2) is 40.9 Å². The first kappa shape index (κ1) is 16.4. The Kier molecular flexibility index (Phi) is 5.73. The van der Waals surface area contributed by atoms with Gasteiger partial charge in [-0.2, -0.15) is 0 Å². The average molecular weight is 375 g/mol. The van der Waals surface area contributed by atoms with E-state index in [4.69, 9.17) is 11.6 Å². The van der Waals surface area contributed by atoms with E-state index in [9.17, 15) is 8.78 Å². The van der Waals surface area contributed by atoms with Gasteiger partial charge in [0.2, 0.25) is 0 Å². The third kappa shape index (κ3) is 4.25. The molecule has 0 fully saturated rings. The number of rotatable bonds is 5. The Morgan fingerprint density at radius 1 is 1.14 bits per heavy atom. The molecule has 1 N–H and O–H groups in total. The Labute approximate surface area is 136 Å². The lowest BCUT2D eigenvalue weighted by Crippen LogP contribution is -2.30. The van der Waals surface area contributed by atoms with Crippen molar-refractivity contribution in [2.75, 3.05) is 7.05 Å². The van der Waals surface area contributed by atoms with Gasteiger partial charge in [-0.15, -0.1) is 0 Å². The summed E-state index contributed by atoms with van der Waals surface area (Å²) in [5.41, 5.74) is 1.11. The summed E-state index contributed by atoms with van der Waals surface area (Å²) in [7, 11) is 1.78. The zero-order chi connectivity index (χ0) is 15.4. The third-order valence-electron chi connectivity index (χ3n) is 3.38. The van der Waals surface area contributed by atoms with Crippen molar-refractivity contribution in [2.24, 2.45) is 0 Å². The fourth-order valence-electron chi connectivity index (χ4n) is 2.21. The molecule has 0 saturated heterocycles. The summed E-state index contributed by atoms with van der Waals surface area (Å²) in [6, 6.07) is 9.67. The molecule has 1 unspecified atom stereocenters. The lowest BCUT2D eigenvalue weighted by Gasteiger charge is -2.17. The fraction of sp³-hybridized carbons (Fsp3) is 0.250. The zero-order valence-electron chi connectivity index (χ0n) is 11.5. The molecular weight excluding hydrogens is 360 g/mol. The quantitative estimate of drug-likeness (QED) is 0.796. The van der Waals surface area contributed by atoms with Crippen molar-refractivity contribution >= 4 is 27.5 Å². The molecule has 21 heavy (non-hydrogen) atoms. The van der Waals surface area contributed by atoms with Crippen molar-refractivity contribution in [1.82, 2.24) is 5.32 Å². The van der Waals surface area contributed by atoms with Gasteiger partial charge in [0.1, 0.15) is 11.6 Å². The Hall–Kier alpha value is -0.970. The van der Waals surface area contributed by atoms with Crippen molar-refractivity contribution in [3.63, 3.8) is 0 Å². The number of nitrogens with one attached hydrogen (secondary N) is 1. The molecule has 1 atom stereocenters. The van der Waals surface area contributed by atoms with Gasteiger partial charge in [0.15, 0.2) is 0 Å². The van der Waals surface area contributed by atoms with Crippen LogP contribution in [-0.2, 0) is 12.8 Å². The van der Waals surface area contributed by atoms with Gasteiger partial charge < -0.3 is 5.32 Å². The number of halogens is 4. The van der Waals surface area contributed by atoms with E-state index in [1.807, 2.05) is 0 Å². The minimum Gasteiger partial charge on any atom is -0.316 e. The number of hydrogen-bond donors (Lipinski definition) is 1. The van der Waals surface area contributed by atoms with Crippen LogP contribution in [0.5, 0.6) is 0 Å². The Balaban J connectivity index is 2.17.